The summed E-state index contributed by atoms with van der Waals surface area (Å²) in [5, 5.41) is 11.9. The molecule has 0 bridgehead atoms. The first-order valence-electron chi connectivity index (χ1n) is 5.53. The number of carbonyl (C=O) groups is 1. The van der Waals surface area contributed by atoms with Crippen molar-refractivity contribution >= 4 is 6.09 Å². The van der Waals surface area contributed by atoms with Crippen LogP contribution < -0.4 is 5.32 Å². The minimum Gasteiger partial charge on any atom is -0.444 e. The van der Waals surface area contributed by atoms with Gasteiger partial charge in [-0.25, -0.2) is 4.79 Å². The molecule has 88 valence electrons. The van der Waals surface area contributed by atoms with Crippen LogP contribution in [-0.2, 0) is 4.74 Å². The summed E-state index contributed by atoms with van der Waals surface area (Å²) >= 11 is 0. The number of hydrogen-bond acceptors (Lipinski definition) is 3. The molecule has 0 aromatic heterocycles. The molecule has 4 heteroatoms. The van der Waals surface area contributed by atoms with E-state index in [1.807, 2.05) is 20.8 Å². The van der Waals surface area contributed by atoms with Gasteiger partial charge in [0.05, 0.1) is 12.6 Å². The molecule has 4 nitrogen and oxygen atoms in total. The smallest absolute Gasteiger partial charge is 0.407 e. The van der Waals surface area contributed by atoms with Gasteiger partial charge in [0.1, 0.15) is 5.60 Å². The van der Waals surface area contributed by atoms with Crippen LogP contribution in [0.25, 0.3) is 0 Å². The number of alkyl carbamates (subject to hydrolysis) is 1. The van der Waals surface area contributed by atoms with Gasteiger partial charge >= 0.3 is 6.09 Å². The standard InChI is InChI=1S/C11H21NO3/c1-11(2,3)15-10(14)12-9(7-13)8-5-4-6-8/h8-9,13H,4-7H2,1-3H3,(H,12,14). The van der Waals surface area contributed by atoms with Crippen LogP contribution in [0.3, 0.4) is 0 Å². The van der Waals surface area contributed by atoms with E-state index in [0.717, 1.165) is 12.8 Å². The van der Waals surface area contributed by atoms with Crippen LogP contribution in [-0.4, -0.2) is 29.4 Å². The first kappa shape index (κ1) is 12.3. The molecule has 1 saturated carbocycles. The monoisotopic (exact) mass is 215 g/mol. The van der Waals surface area contributed by atoms with Crippen molar-refractivity contribution in [2.24, 2.45) is 5.92 Å². The van der Waals surface area contributed by atoms with Crippen LogP contribution in [0.5, 0.6) is 0 Å². The molecule has 0 aliphatic heterocycles. The first-order valence-corrected chi connectivity index (χ1v) is 5.53. The van der Waals surface area contributed by atoms with Gasteiger partial charge in [0, 0.05) is 0 Å². The second-order valence-corrected chi connectivity index (χ2v) is 5.13. The number of nitrogens with one attached hydrogen (secondary N) is 1. The molecule has 0 spiro atoms. The Morgan fingerprint density at radius 3 is 2.47 bits per heavy atom. The summed E-state index contributed by atoms with van der Waals surface area (Å²) in [7, 11) is 0. The Labute approximate surface area is 91.0 Å². The lowest BCUT2D eigenvalue weighted by atomic mass is 9.80. The Hall–Kier alpha value is -0.770. The van der Waals surface area contributed by atoms with E-state index in [1.54, 1.807) is 0 Å². The normalized spacial score (nSPS) is 19.2. The minimum atomic E-state index is -0.482. The summed E-state index contributed by atoms with van der Waals surface area (Å²) in [6.45, 7) is 5.46. The van der Waals surface area contributed by atoms with Crippen molar-refractivity contribution in [2.45, 2.75) is 51.7 Å². The lowest BCUT2D eigenvalue weighted by Gasteiger charge is -2.33. The third kappa shape index (κ3) is 4.08. The van der Waals surface area contributed by atoms with Gasteiger partial charge in [-0.2, -0.15) is 0 Å². The molecule has 2 N–H and O–H groups in total. The maximum atomic E-state index is 11.4. The summed E-state index contributed by atoms with van der Waals surface area (Å²) in [5.74, 6) is 0.419. The average Bonchev–Trinajstić information content (AvgIpc) is 1.95. The van der Waals surface area contributed by atoms with E-state index in [4.69, 9.17) is 9.84 Å². The Bertz CT molecular complexity index is 218. The van der Waals surface area contributed by atoms with Crippen LogP contribution in [0, 0.1) is 5.92 Å². The number of aliphatic hydroxyl groups is 1. The Morgan fingerprint density at radius 2 is 2.13 bits per heavy atom. The van der Waals surface area contributed by atoms with E-state index in [0.29, 0.717) is 5.92 Å². The molecule has 1 amide bonds. The lowest BCUT2D eigenvalue weighted by molar-refractivity contribution is 0.0421. The van der Waals surface area contributed by atoms with Crippen molar-refractivity contribution < 1.29 is 14.6 Å². The van der Waals surface area contributed by atoms with Gasteiger partial charge in [-0.15, -0.1) is 0 Å². The zero-order valence-corrected chi connectivity index (χ0v) is 9.75. The van der Waals surface area contributed by atoms with E-state index in [9.17, 15) is 4.79 Å². The average molecular weight is 215 g/mol. The SMILES string of the molecule is CC(C)(C)OC(=O)NC(CO)C1CCC1. The number of amides is 1. The predicted octanol–water partition coefficient (Wildman–Crippen LogP) is 1.67. The highest BCUT2D eigenvalue weighted by Gasteiger charge is 2.29. The molecule has 1 atom stereocenters. The van der Waals surface area contributed by atoms with Crippen molar-refractivity contribution in [3.8, 4) is 0 Å². The Balaban J connectivity index is 2.34. The fraction of sp³-hybridized carbons (Fsp3) is 0.909. The van der Waals surface area contributed by atoms with Gasteiger partial charge in [-0.05, 0) is 39.5 Å². The van der Waals surface area contributed by atoms with E-state index in [1.165, 1.54) is 6.42 Å². The fourth-order valence-electron chi connectivity index (χ4n) is 1.61. The number of hydrogen-bond donors (Lipinski definition) is 2. The second kappa shape index (κ2) is 4.84. The molecule has 1 unspecified atom stereocenters. The molecular weight excluding hydrogens is 194 g/mol. The quantitative estimate of drug-likeness (QED) is 0.753. The lowest BCUT2D eigenvalue weighted by Crippen LogP contribution is -2.47. The number of ether oxygens (including phenoxy) is 1. The molecule has 15 heavy (non-hydrogen) atoms. The van der Waals surface area contributed by atoms with Crippen LogP contribution in [0.15, 0.2) is 0 Å². The van der Waals surface area contributed by atoms with Gasteiger partial charge in [-0.1, -0.05) is 6.42 Å². The van der Waals surface area contributed by atoms with Gasteiger partial charge in [0.15, 0.2) is 0 Å². The summed E-state index contributed by atoms with van der Waals surface area (Å²) in [6.07, 6.45) is 2.92. The third-order valence-corrected chi connectivity index (χ3v) is 2.62. The summed E-state index contributed by atoms with van der Waals surface area (Å²) < 4.78 is 5.13. The van der Waals surface area contributed by atoms with Gasteiger partial charge in [0.2, 0.25) is 0 Å². The van der Waals surface area contributed by atoms with Crippen molar-refractivity contribution in [1.82, 2.24) is 5.32 Å². The molecule has 1 rings (SSSR count). The van der Waals surface area contributed by atoms with E-state index in [2.05, 4.69) is 5.32 Å². The molecule has 1 aliphatic carbocycles. The molecule has 0 saturated heterocycles. The van der Waals surface area contributed by atoms with E-state index < -0.39 is 11.7 Å². The number of carbonyl (C=O) groups excluding carboxylic acids is 1. The highest BCUT2D eigenvalue weighted by Crippen LogP contribution is 2.29. The largest absolute Gasteiger partial charge is 0.444 e. The molecule has 1 aliphatic rings. The predicted molar refractivity (Wildman–Crippen MR) is 57.6 cm³/mol. The summed E-state index contributed by atoms with van der Waals surface area (Å²) in [4.78, 5) is 11.4. The van der Waals surface area contributed by atoms with Gasteiger partial charge in [0.25, 0.3) is 0 Å². The van der Waals surface area contributed by atoms with Crippen LogP contribution in [0.2, 0.25) is 0 Å². The van der Waals surface area contributed by atoms with E-state index >= 15 is 0 Å². The van der Waals surface area contributed by atoms with Crippen LogP contribution in [0.1, 0.15) is 40.0 Å². The second-order valence-electron chi connectivity index (χ2n) is 5.13. The molecule has 1 fully saturated rings. The molecule has 0 heterocycles. The summed E-state index contributed by atoms with van der Waals surface area (Å²) in [5.41, 5.74) is -0.482. The maximum absolute atomic E-state index is 11.4. The first-order chi connectivity index (χ1) is 6.92. The highest BCUT2D eigenvalue weighted by atomic mass is 16.6. The van der Waals surface area contributed by atoms with Crippen LogP contribution in [0.4, 0.5) is 4.79 Å². The van der Waals surface area contributed by atoms with E-state index in [-0.39, 0.29) is 12.6 Å². The minimum absolute atomic E-state index is 0.0100. The Kier molecular flexibility index (Phi) is 3.97. The zero-order valence-electron chi connectivity index (χ0n) is 9.75. The highest BCUT2D eigenvalue weighted by molar-refractivity contribution is 5.68. The van der Waals surface area contributed by atoms with Gasteiger partial charge < -0.3 is 15.2 Å². The maximum Gasteiger partial charge on any atom is 0.407 e. The number of aliphatic hydroxyl groups excluding tert-OH is 1. The fourth-order valence-corrected chi connectivity index (χ4v) is 1.61. The third-order valence-electron chi connectivity index (χ3n) is 2.62. The zero-order chi connectivity index (χ0) is 11.5. The molecular formula is C11H21NO3. The van der Waals surface area contributed by atoms with Crippen molar-refractivity contribution in [3.05, 3.63) is 0 Å². The molecule has 0 aromatic carbocycles. The Morgan fingerprint density at radius 1 is 1.53 bits per heavy atom. The van der Waals surface area contributed by atoms with Crippen molar-refractivity contribution in [1.29, 1.82) is 0 Å². The van der Waals surface area contributed by atoms with Crippen molar-refractivity contribution in [3.63, 3.8) is 0 Å². The van der Waals surface area contributed by atoms with Gasteiger partial charge in [-0.3, -0.25) is 0 Å². The molecule has 0 radical (unpaired) electrons. The molecule has 0 aromatic rings. The number of rotatable bonds is 3. The topological polar surface area (TPSA) is 58.6 Å². The van der Waals surface area contributed by atoms with Crippen molar-refractivity contribution in [2.75, 3.05) is 6.61 Å². The summed E-state index contributed by atoms with van der Waals surface area (Å²) in [6, 6.07) is -0.145. The van der Waals surface area contributed by atoms with Crippen LogP contribution >= 0.6 is 0 Å².